The van der Waals surface area contributed by atoms with Gasteiger partial charge in [0.2, 0.25) is 0 Å². The van der Waals surface area contributed by atoms with Crippen LogP contribution in [0.5, 0.6) is 0 Å². The average Bonchev–Trinajstić information content (AvgIpc) is 2.91. The lowest BCUT2D eigenvalue weighted by Crippen LogP contribution is -2.55. The Balaban J connectivity index is 1.11. The van der Waals surface area contributed by atoms with E-state index in [9.17, 15) is 0 Å². The molecule has 0 nitrogen and oxygen atoms in total. The Labute approximate surface area is 248 Å². The second kappa shape index (κ2) is 10.0. The van der Waals surface area contributed by atoms with Crippen LogP contribution in [-0.2, 0) is 0 Å². The van der Waals surface area contributed by atoms with Gasteiger partial charge in [0, 0.05) is 11.1 Å². The predicted molar refractivity (Wildman–Crippen MR) is 179 cm³/mol. The third-order valence-corrected chi connectivity index (χ3v) is 20.1. The second-order valence-electron chi connectivity index (χ2n) is 17.0. The van der Waals surface area contributed by atoms with Crippen molar-refractivity contribution in [2.45, 2.75) is 104 Å². The summed E-state index contributed by atoms with van der Waals surface area (Å²) in [5.41, 5.74) is 3.51. The van der Waals surface area contributed by atoms with Crippen molar-refractivity contribution in [3.8, 4) is 11.8 Å². The molecule has 6 saturated carbocycles. The van der Waals surface area contributed by atoms with Crippen LogP contribution >= 0.6 is 0 Å². The fourth-order valence-corrected chi connectivity index (χ4v) is 16.4. The van der Waals surface area contributed by atoms with Crippen LogP contribution in [0.4, 0.5) is 0 Å². The fraction of sp³-hybridized carbons (Fsp3) is 0.632. The van der Waals surface area contributed by atoms with Crippen molar-refractivity contribution in [2.24, 2.45) is 46.3 Å². The van der Waals surface area contributed by atoms with Gasteiger partial charge in [-0.15, -0.1) is 0 Å². The van der Waals surface area contributed by atoms with Crippen LogP contribution in [0.15, 0.2) is 48.5 Å². The van der Waals surface area contributed by atoms with Crippen LogP contribution in [0.25, 0.3) is 0 Å². The van der Waals surface area contributed by atoms with Gasteiger partial charge < -0.3 is 0 Å². The van der Waals surface area contributed by atoms with Crippen molar-refractivity contribution in [2.75, 3.05) is 0 Å². The van der Waals surface area contributed by atoms with Gasteiger partial charge in [-0.1, -0.05) is 125 Å². The molecule has 2 aromatic rings. The molecule has 0 saturated heterocycles. The van der Waals surface area contributed by atoms with Crippen LogP contribution in [0.3, 0.4) is 0 Å². The topological polar surface area (TPSA) is 0 Å². The third kappa shape index (κ3) is 5.02. The molecule has 0 spiro atoms. The minimum Gasteiger partial charge on any atom is -0.0654 e. The van der Waals surface area contributed by atoms with E-state index in [0.29, 0.717) is 10.8 Å². The van der Waals surface area contributed by atoms with E-state index < -0.39 is 16.1 Å². The molecule has 6 unspecified atom stereocenters. The van der Waals surface area contributed by atoms with Crippen LogP contribution in [0.1, 0.15) is 77.3 Å². The second-order valence-corrected chi connectivity index (χ2v) is 26.5. The molecular weight excluding hydrogens is 513 g/mol. The van der Waals surface area contributed by atoms with Gasteiger partial charge in [-0.25, -0.2) is 0 Å². The van der Waals surface area contributed by atoms with E-state index in [1.54, 1.807) is 10.4 Å². The lowest BCUT2D eigenvalue weighted by molar-refractivity contribution is -0.0990. The van der Waals surface area contributed by atoms with Gasteiger partial charge in [0.15, 0.2) is 0 Å². The third-order valence-electron chi connectivity index (χ3n) is 13.2. The van der Waals surface area contributed by atoms with Gasteiger partial charge in [-0.3, -0.25) is 0 Å². The Morgan fingerprint density at radius 3 is 1.62 bits per heavy atom. The predicted octanol–water partition coefficient (Wildman–Crippen LogP) is 9.06. The summed E-state index contributed by atoms with van der Waals surface area (Å²) in [7, 11) is -2.97. The van der Waals surface area contributed by atoms with E-state index in [-0.39, 0.29) is 0 Å². The smallest absolute Gasteiger partial charge is 0.0654 e. The van der Waals surface area contributed by atoms with Crippen molar-refractivity contribution in [1.82, 2.24) is 0 Å². The molecule has 6 fully saturated rings. The lowest BCUT2D eigenvalue weighted by Gasteiger charge is -2.61. The molecule has 0 aromatic heterocycles. The number of hydrogen-bond donors (Lipinski definition) is 0. The first kappa shape index (κ1) is 28.5. The van der Waals surface area contributed by atoms with Crippen LogP contribution in [0.2, 0.25) is 38.3 Å². The summed E-state index contributed by atoms with van der Waals surface area (Å²) in [5, 5.41) is 3.20. The average molecular weight is 567 g/mol. The van der Waals surface area contributed by atoms with Crippen molar-refractivity contribution < 1.29 is 0 Å². The summed E-state index contributed by atoms with van der Waals surface area (Å²) in [6.07, 6.45) is 8.85. The van der Waals surface area contributed by atoms with E-state index >= 15 is 0 Å². The Morgan fingerprint density at radius 1 is 0.625 bits per heavy atom. The normalized spacial score (nSPS) is 31.8. The largest absolute Gasteiger partial charge is 0.0809 e. The zero-order chi connectivity index (χ0) is 28.5. The molecule has 214 valence electrons. The number of hydrogen-bond acceptors (Lipinski definition) is 0. The lowest BCUT2D eigenvalue weighted by atomic mass is 9.46. The first-order valence-electron chi connectivity index (χ1n) is 16.5. The fourth-order valence-electron chi connectivity index (χ4n) is 10.1. The Kier molecular flexibility index (Phi) is 7.15. The van der Waals surface area contributed by atoms with E-state index in [2.05, 4.69) is 114 Å². The minimum atomic E-state index is -1.51. The standard InChI is InChI=1S/C38H54Si2/c1-37(2)31-18-16-29(35(37)23-31)25-39(5,6)33-20-14-27(15-21-33)12-13-28-10-9-11-34(22-28)40(7,8)26-30-17-19-32-24-36(30)38(32,3)4/h9-11,14-15,20-22,29-32,35-36H,16-19,23-26H2,1-8H3. The van der Waals surface area contributed by atoms with E-state index in [1.807, 2.05) is 0 Å². The highest BCUT2D eigenvalue weighted by Crippen LogP contribution is 2.63. The molecule has 4 bridgehead atoms. The van der Waals surface area contributed by atoms with Crippen LogP contribution in [-0.4, -0.2) is 16.1 Å². The molecule has 6 aliphatic rings. The van der Waals surface area contributed by atoms with Crippen LogP contribution < -0.4 is 10.4 Å². The van der Waals surface area contributed by atoms with Crippen molar-refractivity contribution in [3.63, 3.8) is 0 Å². The SMILES string of the molecule is CC1(C)C2CCC(C[Si](C)(C)c3ccc(C#Cc4cccc([Si](C)(C)CC5CCC6CC5C6(C)C)c4)cc3)C1C2. The summed E-state index contributed by atoms with van der Waals surface area (Å²) in [5.74, 6) is 12.8. The van der Waals surface area contributed by atoms with Gasteiger partial charge in [0.1, 0.15) is 0 Å². The summed E-state index contributed by atoms with van der Waals surface area (Å²) in [6.45, 7) is 20.5. The minimum absolute atomic E-state index is 0.584. The van der Waals surface area contributed by atoms with Crippen molar-refractivity contribution >= 4 is 26.5 Å². The molecule has 40 heavy (non-hydrogen) atoms. The Hall–Kier alpha value is -1.57. The van der Waals surface area contributed by atoms with Gasteiger partial charge >= 0.3 is 0 Å². The Bertz CT molecular complexity index is 1300. The molecule has 0 radical (unpaired) electrons. The number of benzene rings is 2. The quantitative estimate of drug-likeness (QED) is 0.242. The van der Waals surface area contributed by atoms with Gasteiger partial charge in [0.05, 0.1) is 16.1 Å². The molecule has 6 atom stereocenters. The highest BCUT2D eigenvalue weighted by Gasteiger charge is 2.55. The van der Waals surface area contributed by atoms with Gasteiger partial charge in [0.25, 0.3) is 0 Å². The number of rotatable bonds is 6. The highest BCUT2D eigenvalue weighted by molar-refractivity contribution is 6.90. The molecular formula is C38H54Si2. The zero-order valence-electron chi connectivity index (χ0n) is 26.7. The van der Waals surface area contributed by atoms with E-state index in [4.69, 9.17) is 0 Å². The maximum Gasteiger partial charge on any atom is 0.0809 e. The monoisotopic (exact) mass is 566 g/mol. The van der Waals surface area contributed by atoms with Gasteiger partial charge in [-0.2, -0.15) is 0 Å². The molecule has 2 heteroatoms. The van der Waals surface area contributed by atoms with Crippen molar-refractivity contribution in [3.05, 3.63) is 59.7 Å². The first-order chi connectivity index (χ1) is 18.8. The molecule has 0 amide bonds. The maximum absolute atomic E-state index is 3.53. The van der Waals surface area contributed by atoms with E-state index in [0.717, 1.165) is 41.1 Å². The highest BCUT2D eigenvalue weighted by atomic mass is 28.3. The summed E-state index contributed by atoms with van der Waals surface area (Å²) in [6, 6.07) is 21.6. The molecule has 0 N–H and O–H groups in total. The number of fused-ring (bicyclic) bond motifs is 4. The first-order valence-corrected chi connectivity index (χ1v) is 22.9. The summed E-state index contributed by atoms with van der Waals surface area (Å²) in [4.78, 5) is 0. The molecule has 8 rings (SSSR count). The Morgan fingerprint density at radius 2 is 1.12 bits per heavy atom. The van der Waals surface area contributed by atoms with Crippen LogP contribution in [0, 0.1) is 58.2 Å². The van der Waals surface area contributed by atoms with Gasteiger partial charge in [-0.05, 0) is 96.3 Å². The molecule has 0 heterocycles. The molecule has 6 aliphatic carbocycles. The zero-order valence-corrected chi connectivity index (χ0v) is 28.7. The van der Waals surface area contributed by atoms with Crippen molar-refractivity contribution in [1.29, 1.82) is 0 Å². The maximum atomic E-state index is 3.53. The van der Waals surface area contributed by atoms with E-state index in [1.165, 1.54) is 56.2 Å². The summed E-state index contributed by atoms with van der Waals surface area (Å²) < 4.78 is 0. The summed E-state index contributed by atoms with van der Waals surface area (Å²) >= 11 is 0. The molecule has 0 aliphatic heterocycles. The molecule has 2 aromatic carbocycles.